The van der Waals surface area contributed by atoms with Crippen LogP contribution in [0.2, 0.25) is 0 Å². The van der Waals surface area contributed by atoms with Crippen LogP contribution in [-0.2, 0) is 4.79 Å². The second-order valence-corrected chi connectivity index (χ2v) is 5.64. The van der Waals surface area contributed by atoms with Crippen LogP contribution in [0, 0.1) is 0 Å². The second kappa shape index (κ2) is 8.46. The molecule has 0 radical (unpaired) electrons. The second-order valence-electron chi connectivity index (χ2n) is 4.66. The van der Waals surface area contributed by atoms with Crippen LogP contribution >= 0.6 is 11.3 Å². The summed E-state index contributed by atoms with van der Waals surface area (Å²) in [5.74, 6) is -0.381. The number of anilines is 2. The van der Waals surface area contributed by atoms with Crippen molar-refractivity contribution in [3.05, 3.63) is 4.88 Å². The molecular weight excluding hydrogens is 290 g/mol. The van der Waals surface area contributed by atoms with Gasteiger partial charge in [-0.15, -0.1) is 0 Å². The summed E-state index contributed by atoms with van der Waals surface area (Å²) in [6.45, 7) is 5.41. The Morgan fingerprint density at radius 2 is 2.00 bits per heavy atom. The average molecular weight is 313 g/mol. The van der Waals surface area contributed by atoms with Gasteiger partial charge in [0.05, 0.1) is 6.54 Å². The van der Waals surface area contributed by atoms with Gasteiger partial charge in [0.25, 0.3) is 5.91 Å². The molecule has 0 saturated carbocycles. The van der Waals surface area contributed by atoms with Crippen LogP contribution in [-0.4, -0.2) is 43.5 Å². The quantitative estimate of drug-likeness (QED) is 0.660. The third-order valence-corrected chi connectivity index (χ3v) is 3.90. The maximum absolute atomic E-state index is 12.0. The molecule has 0 aliphatic carbocycles. The zero-order chi connectivity index (χ0) is 15.8. The maximum Gasteiger partial charge on any atom is 0.265 e. The van der Waals surface area contributed by atoms with Gasteiger partial charge in [-0.25, -0.2) is 4.98 Å². The Bertz CT molecular complexity index is 489. The van der Waals surface area contributed by atoms with E-state index in [4.69, 9.17) is 5.73 Å². The molecule has 4 N–H and O–H groups in total. The van der Waals surface area contributed by atoms with Crippen molar-refractivity contribution in [1.29, 1.82) is 0 Å². The number of nitrogen functional groups attached to an aromatic ring is 1. The molecule has 0 spiro atoms. The molecule has 1 aromatic rings. The van der Waals surface area contributed by atoms with Crippen LogP contribution in [0.3, 0.4) is 0 Å². The highest BCUT2D eigenvalue weighted by Gasteiger charge is 2.18. The van der Waals surface area contributed by atoms with E-state index in [2.05, 4.69) is 22.5 Å². The van der Waals surface area contributed by atoms with E-state index >= 15 is 0 Å². The first-order valence-electron chi connectivity index (χ1n) is 7.01. The number of carbonyl (C=O) groups is 2. The fourth-order valence-corrected chi connectivity index (χ4v) is 2.53. The summed E-state index contributed by atoms with van der Waals surface area (Å²) in [6.07, 6.45) is 1.84. The standard InChI is InChI=1S/C13H23N5O2S/c1-4-6-15-9(19)8-16-12(20)10-11(14)17-13(21-10)18(3)7-5-2/h4-8,14H2,1-3H3,(H,15,19)(H,16,20). The lowest BCUT2D eigenvalue weighted by molar-refractivity contribution is -0.120. The summed E-state index contributed by atoms with van der Waals surface area (Å²) >= 11 is 1.23. The molecule has 0 fully saturated rings. The average Bonchev–Trinajstić information content (AvgIpc) is 2.85. The van der Waals surface area contributed by atoms with Gasteiger partial charge in [-0.1, -0.05) is 25.2 Å². The van der Waals surface area contributed by atoms with E-state index in [0.717, 1.165) is 19.4 Å². The van der Waals surface area contributed by atoms with Crippen molar-refractivity contribution in [1.82, 2.24) is 15.6 Å². The lowest BCUT2D eigenvalue weighted by Crippen LogP contribution is -2.37. The van der Waals surface area contributed by atoms with Crippen LogP contribution < -0.4 is 21.3 Å². The van der Waals surface area contributed by atoms with Crippen LogP contribution in [0.5, 0.6) is 0 Å². The number of amides is 2. The van der Waals surface area contributed by atoms with Gasteiger partial charge in [0, 0.05) is 20.1 Å². The Hall–Kier alpha value is -1.83. The number of hydrogen-bond acceptors (Lipinski definition) is 6. The van der Waals surface area contributed by atoms with E-state index in [0.29, 0.717) is 16.6 Å². The Morgan fingerprint density at radius 3 is 2.62 bits per heavy atom. The van der Waals surface area contributed by atoms with Gasteiger partial charge in [0.1, 0.15) is 10.7 Å². The summed E-state index contributed by atoms with van der Waals surface area (Å²) in [7, 11) is 1.90. The van der Waals surface area contributed by atoms with Crippen molar-refractivity contribution in [2.24, 2.45) is 0 Å². The summed E-state index contributed by atoms with van der Waals surface area (Å²) in [6, 6.07) is 0. The highest BCUT2D eigenvalue weighted by atomic mass is 32.1. The van der Waals surface area contributed by atoms with Crippen LogP contribution in [0.25, 0.3) is 0 Å². The van der Waals surface area contributed by atoms with E-state index in [-0.39, 0.29) is 24.2 Å². The first kappa shape index (κ1) is 17.2. The minimum Gasteiger partial charge on any atom is -0.382 e. The van der Waals surface area contributed by atoms with Crippen molar-refractivity contribution in [3.8, 4) is 0 Å². The highest BCUT2D eigenvalue weighted by Crippen LogP contribution is 2.27. The molecular formula is C13H23N5O2S. The van der Waals surface area contributed by atoms with Crippen LogP contribution in [0.1, 0.15) is 36.4 Å². The van der Waals surface area contributed by atoms with E-state index < -0.39 is 0 Å². The number of nitrogens with zero attached hydrogens (tertiary/aromatic N) is 2. The fourth-order valence-electron chi connectivity index (χ4n) is 1.64. The molecule has 21 heavy (non-hydrogen) atoms. The van der Waals surface area contributed by atoms with Gasteiger partial charge < -0.3 is 21.3 Å². The van der Waals surface area contributed by atoms with Gasteiger partial charge in [0.15, 0.2) is 5.13 Å². The number of aromatic nitrogens is 1. The van der Waals surface area contributed by atoms with Crippen molar-refractivity contribution >= 4 is 34.1 Å². The highest BCUT2D eigenvalue weighted by molar-refractivity contribution is 7.18. The zero-order valence-electron chi connectivity index (χ0n) is 12.7. The predicted molar refractivity (Wildman–Crippen MR) is 85.7 cm³/mol. The number of carbonyl (C=O) groups excluding carboxylic acids is 2. The third kappa shape index (κ3) is 5.22. The molecule has 0 aliphatic rings. The van der Waals surface area contributed by atoms with Gasteiger partial charge in [-0.2, -0.15) is 0 Å². The minimum absolute atomic E-state index is 0.0592. The molecule has 0 aliphatic heterocycles. The largest absolute Gasteiger partial charge is 0.382 e. The molecule has 118 valence electrons. The van der Waals surface area contributed by atoms with Crippen LogP contribution in [0.4, 0.5) is 10.9 Å². The first-order chi connectivity index (χ1) is 9.99. The Morgan fingerprint density at radius 1 is 1.29 bits per heavy atom. The van der Waals surface area contributed by atoms with Crippen LogP contribution in [0.15, 0.2) is 0 Å². The predicted octanol–water partition coefficient (Wildman–Crippen LogP) is 0.827. The van der Waals surface area contributed by atoms with Crippen molar-refractivity contribution in [2.45, 2.75) is 26.7 Å². The zero-order valence-corrected chi connectivity index (χ0v) is 13.5. The summed E-state index contributed by atoms with van der Waals surface area (Å²) < 4.78 is 0. The Labute approximate surface area is 128 Å². The minimum atomic E-state index is -0.368. The number of nitrogens with one attached hydrogen (secondary N) is 2. The molecule has 0 saturated heterocycles. The molecule has 0 unspecified atom stereocenters. The molecule has 7 nitrogen and oxygen atoms in total. The topological polar surface area (TPSA) is 100 Å². The first-order valence-corrected chi connectivity index (χ1v) is 7.83. The summed E-state index contributed by atoms with van der Waals surface area (Å²) in [5, 5.41) is 5.95. The van der Waals surface area contributed by atoms with Crippen molar-refractivity contribution in [3.63, 3.8) is 0 Å². The molecule has 8 heteroatoms. The summed E-state index contributed by atoms with van der Waals surface area (Å²) in [5.41, 5.74) is 5.77. The van der Waals surface area contributed by atoms with Gasteiger partial charge in [-0.3, -0.25) is 9.59 Å². The number of nitrogens with two attached hydrogens (primary N) is 1. The van der Waals surface area contributed by atoms with Gasteiger partial charge >= 0.3 is 0 Å². The molecule has 0 atom stereocenters. The molecule has 0 bridgehead atoms. The molecule has 0 aromatic carbocycles. The van der Waals surface area contributed by atoms with E-state index in [1.807, 2.05) is 18.9 Å². The summed E-state index contributed by atoms with van der Waals surface area (Å²) in [4.78, 5) is 29.9. The van der Waals surface area contributed by atoms with E-state index in [9.17, 15) is 9.59 Å². The molecule has 1 aromatic heterocycles. The van der Waals surface area contributed by atoms with Crippen molar-refractivity contribution in [2.75, 3.05) is 37.3 Å². The number of hydrogen-bond donors (Lipinski definition) is 3. The molecule has 2 amide bonds. The number of thiazole rings is 1. The lowest BCUT2D eigenvalue weighted by atomic mass is 10.4. The third-order valence-electron chi connectivity index (χ3n) is 2.72. The molecule has 1 heterocycles. The van der Waals surface area contributed by atoms with E-state index in [1.165, 1.54) is 11.3 Å². The SMILES string of the molecule is CCCNC(=O)CNC(=O)c1sc(N(C)CCC)nc1N. The fraction of sp³-hybridized carbons (Fsp3) is 0.615. The van der Waals surface area contributed by atoms with E-state index in [1.54, 1.807) is 0 Å². The van der Waals surface area contributed by atoms with Gasteiger partial charge in [-0.05, 0) is 12.8 Å². The lowest BCUT2D eigenvalue weighted by Gasteiger charge is -2.13. The Balaban J connectivity index is 2.60. The smallest absolute Gasteiger partial charge is 0.265 e. The molecule has 1 rings (SSSR count). The monoisotopic (exact) mass is 313 g/mol. The number of rotatable bonds is 8. The normalized spacial score (nSPS) is 10.2. The van der Waals surface area contributed by atoms with Gasteiger partial charge in [0.2, 0.25) is 5.91 Å². The van der Waals surface area contributed by atoms with Crippen molar-refractivity contribution < 1.29 is 9.59 Å². The Kier molecular flexibility index (Phi) is 6.93. The maximum atomic E-state index is 12.0.